The van der Waals surface area contributed by atoms with Crippen LogP contribution < -0.4 is 11.5 Å². The van der Waals surface area contributed by atoms with Gasteiger partial charge in [-0.05, 0) is 12.0 Å². The summed E-state index contributed by atoms with van der Waals surface area (Å²) in [5.74, 6) is 0.158. The zero-order chi connectivity index (χ0) is 14.2. The molecule has 0 bridgehead atoms. The maximum absolute atomic E-state index is 5.18. The van der Waals surface area contributed by atoms with Crippen molar-refractivity contribution in [3.63, 3.8) is 0 Å². The van der Waals surface area contributed by atoms with E-state index in [1.165, 1.54) is 18.4 Å². The molecule has 4 N–H and O–H groups in total. The smallest absolute Gasteiger partial charge is 0.185 e. The molecule has 0 saturated carbocycles. The van der Waals surface area contributed by atoms with Crippen LogP contribution in [0.15, 0.2) is 35.3 Å². The molecule has 0 aromatic heterocycles. The van der Waals surface area contributed by atoms with E-state index in [1.54, 1.807) is 0 Å². The monoisotopic (exact) mass is 251 g/mol. The highest BCUT2D eigenvalue weighted by atomic mass is 15.0. The lowest BCUT2D eigenvalue weighted by Gasteiger charge is -1.96. The molecule has 1 aromatic carbocycles. The van der Waals surface area contributed by atoms with Crippen LogP contribution in [-0.4, -0.2) is 12.5 Å². The van der Waals surface area contributed by atoms with Gasteiger partial charge in [0, 0.05) is 6.54 Å². The van der Waals surface area contributed by atoms with Gasteiger partial charge in [0.15, 0.2) is 5.96 Å². The van der Waals surface area contributed by atoms with Crippen molar-refractivity contribution in [1.29, 1.82) is 0 Å². The fraction of sp³-hybridized carbons (Fsp3) is 0.533. The Balaban J connectivity index is 0. The summed E-state index contributed by atoms with van der Waals surface area (Å²) in [6.07, 6.45) is 3.53. The highest BCUT2D eigenvalue weighted by Gasteiger charge is 1.88. The van der Waals surface area contributed by atoms with Crippen LogP contribution >= 0.6 is 0 Å². The molecular formula is C15H29N3. The van der Waals surface area contributed by atoms with Gasteiger partial charge in [-0.25, -0.2) is 0 Å². The van der Waals surface area contributed by atoms with Gasteiger partial charge >= 0.3 is 0 Å². The maximum Gasteiger partial charge on any atom is 0.185 e. The Hall–Kier alpha value is -1.51. The normalized spacial score (nSPS) is 8.22. The lowest BCUT2D eigenvalue weighted by molar-refractivity contribution is 0.886. The summed E-state index contributed by atoms with van der Waals surface area (Å²) in [6.45, 7) is 9.02. The quantitative estimate of drug-likeness (QED) is 0.637. The lowest BCUT2D eigenvalue weighted by atomic mass is 10.2. The summed E-state index contributed by atoms with van der Waals surface area (Å²) in [6, 6.07) is 10.1. The molecule has 0 unspecified atom stereocenters. The van der Waals surface area contributed by atoms with Crippen LogP contribution in [-0.2, 0) is 6.42 Å². The van der Waals surface area contributed by atoms with E-state index in [0.29, 0.717) is 6.54 Å². The van der Waals surface area contributed by atoms with Gasteiger partial charge in [0.25, 0.3) is 0 Å². The van der Waals surface area contributed by atoms with Crippen molar-refractivity contribution in [2.45, 2.75) is 47.0 Å². The Kier molecular flexibility index (Phi) is 16.2. The minimum atomic E-state index is 0.158. The maximum atomic E-state index is 5.18. The molecule has 1 aromatic rings. The van der Waals surface area contributed by atoms with E-state index in [2.05, 4.69) is 31.0 Å². The molecule has 1 rings (SSSR count). The van der Waals surface area contributed by atoms with Crippen molar-refractivity contribution in [3.8, 4) is 0 Å². The van der Waals surface area contributed by atoms with E-state index in [0.717, 1.165) is 6.42 Å². The van der Waals surface area contributed by atoms with Gasteiger partial charge in [0.05, 0.1) is 0 Å². The fourth-order valence-electron chi connectivity index (χ4n) is 0.959. The van der Waals surface area contributed by atoms with Crippen molar-refractivity contribution < 1.29 is 0 Å². The second-order valence-electron chi connectivity index (χ2n) is 3.54. The molecule has 0 aliphatic rings. The molecule has 18 heavy (non-hydrogen) atoms. The van der Waals surface area contributed by atoms with E-state index < -0.39 is 0 Å². The number of rotatable bonds is 4. The molecule has 0 aliphatic carbocycles. The highest BCUT2D eigenvalue weighted by molar-refractivity contribution is 5.75. The van der Waals surface area contributed by atoms with Crippen molar-refractivity contribution in [2.75, 3.05) is 6.54 Å². The molecule has 0 atom stereocenters. The van der Waals surface area contributed by atoms with Gasteiger partial charge in [0.2, 0.25) is 0 Å². The van der Waals surface area contributed by atoms with E-state index >= 15 is 0 Å². The molecule has 0 amide bonds. The molecule has 0 saturated heterocycles. The van der Waals surface area contributed by atoms with Crippen LogP contribution in [0.1, 0.15) is 46.1 Å². The zero-order valence-electron chi connectivity index (χ0n) is 12.3. The standard InChI is InChI=1S/C9H13N3.C4H10.C2H6/c10-9(11)12-7-6-8-4-2-1-3-5-8;1-3-4-2;1-2/h1-5H,6-7H2,(H4,10,11,12);3-4H2,1-2H3;1-2H3. The summed E-state index contributed by atoms with van der Waals surface area (Å²) >= 11 is 0. The topological polar surface area (TPSA) is 64.4 Å². The largest absolute Gasteiger partial charge is 0.370 e. The fourth-order valence-corrected chi connectivity index (χ4v) is 0.959. The number of nitrogens with two attached hydrogens (primary N) is 2. The molecule has 0 radical (unpaired) electrons. The summed E-state index contributed by atoms with van der Waals surface area (Å²) in [4.78, 5) is 3.89. The third kappa shape index (κ3) is 14.5. The van der Waals surface area contributed by atoms with E-state index in [-0.39, 0.29) is 5.96 Å². The highest BCUT2D eigenvalue weighted by Crippen LogP contribution is 1.98. The van der Waals surface area contributed by atoms with Crippen LogP contribution in [0.2, 0.25) is 0 Å². The second-order valence-corrected chi connectivity index (χ2v) is 3.54. The second kappa shape index (κ2) is 15.5. The first-order valence-electron chi connectivity index (χ1n) is 6.80. The zero-order valence-corrected chi connectivity index (χ0v) is 12.3. The molecule has 0 fully saturated rings. The molecular weight excluding hydrogens is 222 g/mol. The van der Waals surface area contributed by atoms with Gasteiger partial charge in [0.1, 0.15) is 0 Å². The van der Waals surface area contributed by atoms with E-state index in [1.807, 2.05) is 32.0 Å². The Morgan fingerprint density at radius 2 is 1.50 bits per heavy atom. The average Bonchev–Trinajstić information content (AvgIpc) is 2.42. The molecule has 0 aliphatic heterocycles. The molecule has 3 nitrogen and oxygen atoms in total. The number of hydrogen-bond donors (Lipinski definition) is 2. The Morgan fingerprint density at radius 3 is 1.89 bits per heavy atom. The minimum Gasteiger partial charge on any atom is -0.370 e. The Morgan fingerprint density at radius 1 is 1.00 bits per heavy atom. The van der Waals surface area contributed by atoms with Crippen LogP contribution in [0.3, 0.4) is 0 Å². The number of aliphatic imine (C=N–C) groups is 1. The summed E-state index contributed by atoms with van der Waals surface area (Å²) in [7, 11) is 0. The molecule has 104 valence electrons. The number of unbranched alkanes of at least 4 members (excludes halogenated alkanes) is 1. The number of nitrogens with zero attached hydrogens (tertiary/aromatic N) is 1. The van der Waals surface area contributed by atoms with Gasteiger partial charge in [-0.2, -0.15) is 0 Å². The third-order valence-electron chi connectivity index (χ3n) is 2.04. The first-order valence-corrected chi connectivity index (χ1v) is 6.80. The van der Waals surface area contributed by atoms with Crippen molar-refractivity contribution in [3.05, 3.63) is 35.9 Å². The van der Waals surface area contributed by atoms with E-state index in [4.69, 9.17) is 11.5 Å². The summed E-state index contributed by atoms with van der Waals surface area (Å²) in [5.41, 5.74) is 11.6. The van der Waals surface area contributed by atoms with Gasteiger partial charge in [-0.3, -0.25) is 4.99 Å². The SMILES string of the molecule is CC.CCCC.NC(N)=NCCc1ccccc1. The van der Waals surface area contributed by atoms with E-state index in [9.17, 15) is 0 Å². The molecule has 0 spiro atoms. The van der Waals surface area contributed by atoms with Crippen LogP contribution in [0, 0.1) is 0 Å². The average molecular weight is 251 g/mol. The van der Waals surface area contributed by atoms with Gasteiger partial charge < -0.3 is 11.5 Å². The third-order valence-corrected chi connectivity index (χ3v) is 2.04. The predicted molar refractivity (Wildman–Crippen MR) is 82.8 cm³/mol. The lowest BCUT2D eigenvalue weighted by Crippen LogP contribution is -2.23. The van der Waals surface area contributed by atoms with Crippen molar-refractivity contribution >= 4 is 5.96 Å². The van der Waals surface area contributed by atoms with Crippen LogP contribution in [0.4, 0.5) is 0 Å². The summed E-state index contributed by atoms with van der Waals surface area (Å²) in [5, 5.41) is 0. The Labute approximate surface area is 112 Å². The number of guanidine groups is 1. The van der Waals surface area contributed by atoms with Crippen LogP contribution in [0.25, 0.3) is 0 Å². The molecule has 0 heterocycles. The first-order chi connectivity index (χ1) is 8.70. The van der Waals surface area contributed by atoms with Gasteiger partial charge in [-0.1, -0.05) is 70.9 Å². The van der Waals surface area contributed by atoms with Crippen LogP contribution in [0.5, 0.6) is 0 Å². The first kappa shape index (κ1) is 18.8. The number of benzene rings is 1. The van der Waals surface area contributed by atoms with Crippen molar-refractivity contribution in [1.82, 2.24) is 0 Å². The van der Waals surface area contributed by atoms with Crippen molar-refractivity contribution in [2.24, 2.45) is 16.5 Å². The molecule has 3 heteroatoms. The summed E-state index contributed by atoms with van der Waals surface area (Å²) < 4.78 is 0. The van der Waals surface area contributed by atoms with Gasteiger partial charge in [-0.15, -0.1) is 0 Å². The minimum absolute atomic E-state index is 0.158. The number of hydrogen-bond acceptors (Lipinski definition) is 1. The Bertz CT molecular complexity index is 275. The predicted octanol–water partition coefficient (Wildman–Crippen LogP) is 3.34.